The van der Waals surface area contributed by atoms with Crippen molar-refractivity contribution in [2.45, 2.75) is 43.2 Å². The van der Waals surface area contributed by atoms with Crippen molar-refractivity contribution in [3.63, 3.8) is 0 Å². The van der Waals surface area contributed by atoms with Crippen LogP contribution in [0.5, 0.6) is 0 Å². The lowest BCUT2D eigenvalue weighted by Crippen LogP contribution is -2.35. The molecule has 0 atom stereocenters. The molecule has 2 aliphatic rings. The van der Waals surface area contributed by atoms with E-state index in [1.54, 1.807) is 29.2 Å². The summed E-state index contributed by atoms with van der Waals surface area (Å²) in [6.45, 7) is 0.835. The maximum absolute atomic E-state index is 13.4. The van der Waals surface area contributed by atoms with Crippen LogP contribution in [0.3, 0.4) is 0 Å². The molecule has 3 aromatic rings. The number of rotatable bonds is 6. The summed E-state index contributed by atoms with van der Waals surface area (Å²) in [5.74, 6) is -0.453. The molecule has 0 N–H and O–H groups in total. The van der Waals surface area contributed by atoms with E-state index < -0.39 is 10.0 Å². The minimum atomic E-state index is -3.72. The van der Waals surface area contributed by atoms with Gasteiger partial charge in [-0.05, 0) is 79.3 Å². The van der Waals surface area contributed by atoms with Crippen LogP contribution in [0.15, 0.2) is 77.7 Å². The van der Waals surface area contributed by atoms with E-state index in [9.17, 15) is 17.6 Å². The number of fused-ring (bicyclic) bond motifs is 1. The van der Waals surface area contributed by atoms with Gasteiger partial charge in [0, 0.05) is 24.7 Å². The van der Waals surface area contributed by atoms with Crippen LogP contribution in [0.1, 0.15) is 40.7 Å². The van der Waals surface area contributed by atoms with Gasteiger partial charge in [0.15, 0.2) is 0 Å². The average molecular weight is 465 g/mol. The van der Waals surface area contributed by atoms with Gasteiger partial charge in [0.05, 0.1) is 10.6 Å². The first-order valence-corrected chi connectivity index (χ1v) is 12.6. The third-order valence-electron chi connectivity index (χ3n) is 6.27. The number of amides is 1. The molecule has 1 aliphatic carbocycles. The van der Waals surface area contributed by atoms with Gasteiger partial charge in [0.1, 0.15) is 5.82 Å². The maximum atomic E-state index is 13.4. The van der Waals surface area contributed by atoms with Gasteiger partial charge in [0.2, 0.25) is 0 Å². The zero-order valence-corrected chi connectivity index (χ0v) is 19.0. The Hall–Kier alpha value is -3.19. The van der Waals surface area contributed by atoms with Crippen molar-refractivity contribution in [2.24, 2.45) is 0 Å². The highest BCUT2D eigenvalue weighted by Gasteiger charge is 2.34. The van der Waals surface area contributed by atoms with Crippen molar-refractivity contribution < 1.29 is 17.6 Å². The number of carbonyl (C=O) groups excluding carboxylic acids is 1. The largest absolute Gasteiger partial charge is 0.331 e. The Kier molecular flexibility index (Phi) is 5.66. The molecule has 3 aromatic carbocycles. The second-order valence-electron chi connectivity index (χ2n) is 8.62. The SMILES string of the molecule is O=C(c1ccc(S(=O)(=O)N2CCCc3ccccc32)cc1)N(Cc1ccc(F)cc1)C1CC1. The van der Waals surface area contributed by atoms with Crippen LogP contribution in [0.4, 0.5) is 10.1 Å². The first kappa shape index (κ1) is 21.6. The molecule has 1 heterocycles. The zero-order valence-electron chi connectivity index (χ0n) is 18.2. The van der Waals surface area contributed by atoms with Crippen molar-refractivity contribution in [3.05, 3.63) is 95.3 Å². The van der Waals surface area contributed by atoms with E-state index in [4.69, 9.17) is 0 Å². The predicted octanol–water partition coefficient (Wildman–Crippen LogP) is 4.77. The average Bonchev–Trinajstić information content (AvgIpc) is 3.68. The standard InChI is InChI=1S/C26H25FN2O3S/c27-22-11-7-19(8-12-22)18-28(23-13-14-23)26(30)21-9-15-24(16-10-21)33(31,32)29-17-3-5-20-4-1-2-6-25(20)29/h1-2,4,6-12,15-16,23H,3,5,13-14,17-18H2. The molecule has 1 saturated carbocycles. The highest BCUT2D eigenvalue weighted by atomic mass is 32.2. The number of hydrogen-bond donors (Lipinski definition) is 0. The highest BCUT2D eigenvalue weighted by molar-refractivity contribution is 7.92. The van der Waals surface area contributed by atoms with E-state index in [1.165, 1.54) is 28.6 Å². The Morgan fingerprint density at radius 1 is 0.970 bits per heavy atom. The second kappa shape index (κ2) is 8.63. The molecule has 0 saturated heterocycles. The molecule has 33 heavy (non-hydrogen) atoms. The molecule has 0 radical (unpaired) electrons. The number of carbonyl (C=O) groups is 1. The number of halogens is 1. The molecule has 0 unspecified atom stereocenters. The molecule has 0 aromatic heterocycles. The summed E-state index contributed by atoms with van der Waals surface area (Å²) in [4.78, 5) is 15.2. The predicted molar refractivity (Wildman–Crippen MR) is 125 cm³/mol. The topological polar surface area (TPSA) is 57.7 Å². The molecular weight excluding hydrogens is 439 g/mol. The normalized spacial score (nSPS) is 15.7. The number of anilines is 1. The summed E-state index contributed by atoms with van der Waals surface area (Å²) >= 11 is 0. The summed E-state index contributed by atoms with van der Waals surface area (Å²) in [5, 5.41) is 0. The Balaban J connectivity index is 1.37. The fourth-order valence-electron chi connectivity index (χ4n) is 4.35. The van der Waals surface area contributed by atoms with Crippen LogP contribution in [0.25, 0.3) is 0 Å². The van der Waals surface area contributed by atoms with Gasteiger partial charge in [-0.3, -0.25) is 9.10 Å². The van der Waals surface area contributed by atoms with Gasteiger partial charge in [-0.1, -0.05) is 30.3 Å². The molecule has 0 spiro atoms. The molecule has 5 rings (SSSR count). The Morgan fingerprint density at radius 3 is 2.36 bits per heavy atom. The Morgan fingerprint density at radius 2 is 1.67 bits per heavy atom. The highest BCUT2D eigenvalue weighted by Crippen LogP contribution is 2.33. The molecule has 1 fully saturated rings. The zero-order chi connectivity index (χ0) is 23.0. The summed E-state index contributed by atoms with van der Waals surface area (Å²) in [7, 11) is -3.72. The summed E-state index contributed by atoms with van der Waals surface area (Å²) in [6, 6.07) is 20.1. The molecule has 1 amide bonds. The third-order valence-corrected chi connectivity index (χ3v) is 8.10. The van der Waals surface area contributed by atoms with Crippen molar-refractivity contribution in [3.8, 4) is 0 Å². The van der Waals surface area contributed by atoms with Crippen LogP contribution < -0.4 is 4.31 Å². The number of benzene rings is 3. The van der Waals surface area contributed by atoms with E-state index in [-0.39, 0.29) is 22.7 Å². The number of para-hydroxylation sites is 1. The lowest BCUT2D eigenvalue weighted by molar-refractivity contribution is 0.0730. The fourth-order valence-corrected chi connectivity index (χ4v) is 5.89. The quantitative estimate of drug-likeness (QED) is 0.528. The van der Waals surface area contributed by atoms with E-state index in [2.05, 4.69) is 0 Å². The van der Waals surface area contributed by atoms with Gasteiger partial charge in [-0.15, -0.1) is 0 Å². The Labute approximate surface area is 193 Å². The maximum Gasteiger partial charge on any atom is 0.264 e. The van der Waals surface area contributed by atoms with Gasteiger partial charge in [0.25, 0.3) is 15.9 Å². The molecule has 170 valence electrons. The molecular formula is C26H25FN2O3S. The summed E-state index contributed by atoms with van der Waals surface area (Å²) in [5.41, 5.74) is 3.06. The number of hydrogen-bond acceptors (Lipinski definition) is 3. The van der Waals surface area contributed by atoms with Crippen LogP contribution in [0.2, 0.25) is 0 Å². The summed E-state index contributed by atoms with van der Waals surface area (Å²) < 4.78 is 41.4. The van der Waals surface area contributed by atoms with Gasteiger partial charge >= 0.3 is 0 Å². The van der Waals surface area contributed by atoms with E-state index >= 15 is 0 Å². The first-order chi connectivity index (χ1) is 15.9. The molecule has 7 heteroatoms. The second-order valence-corrected chi connectivity index (χ2v) is 10.5. The smallest absolute Gasteiger partial charge is 0.264 e. The summed E-state index contributed by atoms with van der Waals surface area (Å²) in [6.07, 6.45) is 3.51. The van der Waals surface area contributed by atoms with Gasteiger partial charge < -0.3 is 4.90 Å². The molecule has 1 aliphatic heterocycles. The first-order valence-electron chi connectivity index (χ1n) is 11.2. The minimum absolute atomic E-state index is 0.144. The number of aryl methyl sites for hydroxylation is 1. The van der Waals surface area contributed by atoms with E-state index in [1.807, 2.05) is 24.3 Å². The van der Waals surface area contributed by atoms with Crippen LogP contribution in [-0.2, 0) is 23.0 Å². The fraction of sp³-hybridized carbons (Fsp3) is 0.269. The van der Waals surface area contributed by atoms with Crippen LogP contribution in [-0.4, -0.2) is 31.8 Å². The van der Waals surface area contributed by atoms with Crippen molar-refractivity contribution in [1.29, 1.82) is 0 Å². The van der Waals surface area contributed by atoms with Crippen molar-refractivity contribution >= 4 is 21.6 Å². The van der Waals surface area contributed by atoms with E-state index in [0.717, 1.165) is 42.5 Å². The van der Waals surface area contributed by atoms with Gasteiger partial charge in [-0.25, -0.2) is 12.8 Å². The van der Waals surface area contributed by atoms with Crippen LogP contribution >= 0.6 is 0 Å². The minimum Gasteiger partial charge on any atom is -0.331 e. The van der Waals surface area contributed by atoms with Crippen molar-refractivity contribution in [2.75, 3.05) is 10.8 Å². The van der Waals surface area contributed by atoms with E-state index in [0.29, 0.717) is 18.7 Å². The lowest BCUT2D eigenvalue weighted by Gasteiger charge is -2.30. The third kappa shape index (κ3) is 4.37. The van der Waals surface area contributed by atoms with Gasteiger partial charge in [-0.2, -0.15) is 0 Å². The molecule has 5 nitrogen and oxygen atoms in total. The lowest BCUT2D eigenvalue weighted by atomic mass is 10.0. The van der Waals surface area contributed by atoms with Crippen LogP contribution in [0, 0.1) is 5.82 Å². The van der Waals surface area contributed by atoms with Crippen molar-refractivity contribution in [1.82, 2.24) is 4.90 Å². The number of nitrogens with zero attached hydrogens (tertiary/aromatic N) is 2. The monoisotopic (exact) mass is 464 g/mol. The molecule has 0 bridgehead atoms. The Bertz CT molecular complexity index is 1270. The number of sulfonamides is 1.